The average Bonchev–Trinajstić information content (AvgIpc) is 2.80. The zero-order chi connectivity index (χ0) is 14.4. The Bertz CT molecular complexity index is 561. The first-order valence-electron chi connectivity index (χ1n) is 7.04. The van der Waals surface area contributed by atoms with Gasteiger partial charge in [-0.15, -0.1) is 0 Å². The summed E-state index contributed by atoms with van der Waals surface area (Å²) in [6, 6.07) is 10.3. The molecule has 0 radical (unpaired) electrons. The van der Waals surface area contributed by atoms with Gasteiger partial charge in [-0.1, -0.05) is 24.6 Å². The van der Waals surface area contributed by atoms with Crippen LogP contribution in [-0.4, -0.2) is 16.1 Å². The van der Waals surface area contributed by atoms with Crippen LogP contribution in [0.25, 0.3) is 5.69 Å². The number of unbranched alkanes of at least 4 members (excludes halogenated alkanes) is 2. The van der Waals surface area contributed by atoms with Crippen molar-refractivity contribution in [1.82, 2.24) is 4.98 Å². The van der Waals surface area contributed by atoms with Crippen molar-refractivity contribution in [2.24, 2.45) is 0 Å². The standard InChI is InChI=1S/C16H20N2O2/c1-13-17-12-15(10-6-3-7-11-16(19)20)18(13)14-8-4-2-5-9-14/h2,4-5,8-9,12H,3,6-7,10-11H2,1H3,(H,19,20)/p+1. The van der Waals surface area contributed by atoms with Crippen LogP contribution in [0.1, 0.15) is 37.2 Å². The van der Waals surface area contributed by atoms with Crippen molar-refractivity contribution in [3.63, 3.8) is 0 Å². The molecule has 0 aliphatic heterocycles. The van der Waals surface area contributed by atoms with Crippen molar-refractivity contribution in [3.8, 4) is 5.69 Å². The molecule has 4 heteroatoms. The molecule has 2 aromatic rings. The Kier molecular flexibility index (Phi) is 4.93. The van der Waals surface area contributed by atoms with Crippen LogP contribution in [0, 0.1) is 6.92 Å². The predicted molar refractivity (Wildman–Crippen MR) is 76.9 cm³/mol. The van der Waals surface area contributed by atoms with Gasteiger partial charge in [0.25, 0.3) is 5.82 Å². The highest BCUT2D eigenvalue weighted by Gasteiger charge is 2.15. The van der Waals surface area contributed by atoms with Gasteiger partial charge in [-0.05, 0) is 25.0 Å². The molecule has 1 heterocycles. The second kappa shape index (κ2) is 6.89. The van der Waals surface area contributed by atoms with E-state index < -0.39 is 5.97 Å². The monoisotopic (exact) mass is 273 g/mol. The smallest absolute Gasteiger partial charge is 0.303 e. The van der Waals surface area contributed by atoms with Crippen LogP contribution in [0.4, 0.5) is 0 Å². The molecular weight excluding hydrogens is 252 g/mol. The van der Waals surface area contributed by atoms with E-state index in [2.05, 4.69) is 28.6 Å². The molecule has 0 unspecified atom stereocenters. The van der Waals surface area contributed by atoms with E-state index in [9.17, 15) is 4.79 Å². The Hall–Kier alpha value is -2.10. The summed E-state index contributed by atoms with van der Waals surface area (Å²) in [4.78, 5) is 13.7. The maximum atomic E-state index is 10.5. The lowest BCUT2D eigenvalue weighted by Crippen LogP contribution is -2.36. The minimum Gasteiger partial charge on any atom is -0.481 e. The van der Waals surface area contributed by atoms with Crippen molar-refractivity contribution < 1.29 is 14.5 Å². The average molecular weight is 273 g/mol. The van der Waals surface area contributed by atoms with Crippen molar-refractivity contribution in [1.29, 1.82) is 0 Å². The summed E-state index contributed by atoms with van der Waals surface area (Å²) in [6.07, 6.45) is 5.98. The molecule has 0 amide bonds. The number of aromatic nitrogens is 2. The number of H-pyrrole nitrogens is 1. The largest absolute Gasteiger partial charge is 0.481 e. The molecule has 4 nitrogen and oxygen atoms in total. The second-order valence-electron chi connectivity index (χ2n) is 4.99. The Morgan fingerprint density at radius 1 is 1.20 bits per heavy atom. The highest BCUT2D eigenvalue weighted by Crippen LogP contribution is 2.08. The van der Waals surface area contributed by atoms with Crippen LogP contribution in [0.2, 0.25) is 0 Å². The Morgan fingerprint density at radius 2 is 1.95 bits per heavy atom. The van der Waals surface area contributed by atoms with Crippen molar-refractivity contribution in [3.05, 3.63) is 48.0 Å². The quantitative estimate of drug-likeness (QED) is 0.602. The number of carbonyl (C=O) groups is 1. The molecule has 0 saturated carbocycles. The van der Waals surface area contributed by atoms with Gasteiger partial charge in [0.05, 0.1) is 0 Å². The first kappa shape index (κ1) is 14.3. The fraction of sp³-hybridized carbons (Fsp3) is 0.375. The SMILES string of the molecule is Cc1[nH]cc(CCCCCC(=O)O)[n+]1-c1ccccc1. The number of aromatic amines is 1. The van der Waals surface area contributed by atoms with Gasteiger partial charge < -0.3 is 5.11 Å². The third-order valence-corrected chi connectivity index (χ3v) is 3.41. The highest BCUT2D eigenvalue weighted by atomic mass is 16.4. The molecule has 20 heavy (non-hydrogen) atoms. The molecule has 0 fully saturated rings. The molecule has 2 N–H and O–H groups in total. The summed E-state index contributed by atoms with van der Waals surface area (Å²) in [5.74, 6) is 0.401. The summed E-state index contributed by atoms with van der Waals surface area (Å²) in [5.41, 5.74) is 2.40. The molecule has 0 aliphatic rings. The van der Waals surface area contributed by atoms with Gasteiger partial charge in [0, 0.05) is 19.8 Å². The summed E-state index contributed by atoms with van der Waals surface area (Å²) in [5, 5.41) is 8.62. The maximum Gasteiger partial charge on any atom is 0.303 e. The van der Waals surface area contributed by atoms with E-state index in [1.54, 1.807) is 0 Å². The van der Waals surface area contributed by atoms with E-state index in [1.807, 2.05) is 24.4 Å². The molecule has 0 bridgehead atoms. The lowest BCUT2D eigenvalue weighted by atomic mass is 10.1. The van der Waals surface area contributed by atoms with Gasteiger partial charge in [0.15, 0.2) is 0 Å². The number of hydrogen-bond donors (Lipinski definition) is 2. The summed E-state index contributed by atoms with van der Waals surface area (Å²) >= 11 is 0. The van der Waals surface area contributed by atoms with Crippen LogP contribution in [0.15, 0.2) is 36.5 Å². The number of benzene rings is 1. The second-order valence-corrected chi connectivity index (χ2v) is 4.99. The van der Waals surface area contributed by atoms with Gasteiger partial charge in [0.1, 0.15) is 17.6 Å². The van der Waals surface area contributed by atoms with E-state index in [0.717, 1.165) is 37.2 Å². The zero-order valence-electron chi connectivity index (χ0n) is 11.8. The zero-order valence-corrected chi connectivity index (χ0v) is 11.8. The number of aliphatic carboxylic acids is 1. The molecule has 0 aliphatic carbocycles. The Morgan fingerprint density at radius 3 is 2.65 bits per heavy atom. The summed E-state index contributed by atoms with van der Waals surface area (Å²) in [6.45, 7) is 2.06. The Balaban J connectivity index is 1.98. The number of hydrogen-bond acceptors (Lipinski definition) is 1. The fourth-order valence-electron chi connectivity index (χ4n) is 2.41. The fourth-order valence-corrected chi connectivity index (χ4v) is 2.41. The molecular formula is C16H21N2O2+. The summed E-state index contributed by atoms with van der Waals surface area (Å²) in [7, 11) is 0. The number of nitrogens with one attached hydrogen (secondary N) is 1. The van der Waals surface area contributed by atoms with Gasteiger partial charge >= 0.3 is 5.97 Å². The van der Waals surface area contributed by atoms with Crippen molar-refractivity contribution in [2.45, 2.75) is 39.0 Å². The lowest BCUT2D eigenvalue weighted by Gasteiger charge is -2.03. The normalized spacial score (nSPS) is 10.7. The van der Waals surface area contributed by atoms with Gasteiger partial charge in [-0.25, -0.2) is 4.98 Å². The van der Waals surface area contributed by atoms with Crippen LogP contribution < -0.4 is 4.57 Å². The number of carboxylic acids is 1. The van der Waals surface area contributed by atoms with Gasteiger partial charge in [-0.2, -0.15) is 4.57 Å². The van der Waals surface area contributed by atoms with Gasteiger partial charge in [-0.3, -0.25) is 4.79 Å². The number of rotatable bonds is 7. The number of imidazole rings is 1. The van der Waals surface area contributed by atoms with Gasteiger partial charge in [0.2, 0.25) is 0 Å². The molecule has 0 spiro atoms. The van der Waals surface area contributed by atoms with Crippen molar-refractivity contribution >= 4 is 5.97 Å². The molecule has 0 atom stereocenters. The Labute approximate surface area is 119 Å². The highest BCUT2D eigenvalue weighted by molar-refractivity contribution is 5.66. The number of carboxylic acid groups (broad SMARTS) is 1. The summed E-state index contributed by atoms with van der Waals surface area (Å²) < 4.78 is 2.22. The predicted octanol–water partition coefficient (Wildman–Crippen LogP) is 2.79. The van der Waals surface area contributed by atoms with Crippen LogP contribution >= 0.6 is 0 Å². The van der Waals surface area contributed by atoms with E-state index in [0.29, 0.717) is 0 Å². The van der Waals surface area contributed by atoms with Crippen LogP contribution in [0.3, 0.4) is 0 Å². The third kappa shape index (κ3) is 3.70. The molecule has 1 aromatic carbocycles. The number of nitrogens with zero attached hydrogens (tertiary/aromatic N) is 1. The number of aryl methyl sites for hydroxylation is 2. The number of para-hydroxylation sites is 1. The first-order valence-corrected chi connectivity index (χ1v) is 7.04. The van der Waals surface area contributed by atoms with Crippen molar-refractivity contribution in [2.75, 3.05) is 0 Å². The van der Waals surface area contributed by atoms with Crippen LogP contribution in [0.5, 0.6) is 0 Å². The minimum absolute atomic E-state index is 0.269. The molecule has 106 valence electrons. The topological polar surface area (TPSA) is 57.0 Å². The molecule has 0 saturated heterocycles. The molecule has 2 rings (SSSR count). The van der Waals surface area contributed by atoms with Crippen LogP contribution in [-0.2, 0) is 11.2 Å². The maximum absolute atomic E-state index is 10.5. The lowest BCUT2D eigenvalue weighted by molar-refractivity contribution is -0.609. The van der Waals surface area contributed by atoms with E-state index >= 15 is 0 Å². The van der Waals surface area contributed by atoms with E-state index in [-0.39, 0.29) is 6.42 Å². The minimum atomic E-state index is -0.707. The van der Waals surface area contributed by atoms with E-state index in [4.69, 9.17) is 5.11 Å². The molecule has 1 aromatic heterocycles. The third-order valence-electron chi connectivity index (χ3n) is 3.41. The van der Waals surface area contributed by atoms with E-state index in [1.165, 1.54) is 5.69 Å². The first-order chi connectivity index (χ1) is 9.68.